The van der Waals surface area contributed by atoms with Gasteiger partial charge in [-0.3, -0.25) is 4.79 Å². The summed E-state index contributed by atoms with van der Waals surface area (Å²) in [7, 11) is 0. The van der Waals surface area contributed by atoms with Gasteiger partial charge in [-0.2, -0.15) is 0 Å². The van der Waals surface area contributed by atoms with Crippen LogP contribution >= 0.6 is 0 Å². The number of benzene rings is 1. The lowest BCUT2D eigenvalue weighted by Gasteiger charge is -2.18. The first kappa shape index (κ1) is 17.0. The highest BCUT2D eigenvalue weighted by molar-refractivity contribution is 5.97. The van der Waals surface area contributed by atoms with Gasteiger partial charge in [-0.25, -0.2) is 9.78 Å². The van der Waals surface area contributed by atoms with E-state index >= 15 is 0 Å². The number of ketones is 1. The lowest BCUT2D eigenvalue weighted by atomic mass is 10.1. The van der Waals surface area contributed by atoms with E-state index in [-0.39, 0.29) is 17.9 Å². The molecule has 2 heterocycles. The average molecular weight is 338 g/mol. The van der Waals surface area contributed by atoms with Crippen molar-refractivity contribution >= 4 is 23.3 Å². The molecule has 0 bridgehead atoms. The van der Waals surface area contributed by atoms with Crippen LogP contribution in [0.5, 0.6) is 0 Å². The first-order valence-corrected chi connectivity index (χ1v) is 8.38. The van der Waals surface area contributed by atoms with Crippen LogP contribution < -0.4 is 15.5 Å². The van der Waals surface area contributed by atoms with E-state index in [4.69, 9.17) is 0 Å². The number of carbonyl (C=O) groups excluding carboxylic acids is 2. The van der Waals surface area contributed by atoms with Gasteiger partial charge >= 0.3 is 6.03 Å². The fourth-order valence-corrected chi connectivity index (χ4v) is 3.12. The van der Waals surface area contributed by atoms with Gasteiger partial charge in [0, 0.05) is 36.6 Å². The fraction of sp³-hybridized carbons (Fsp3) is 0.316. The van der Waals surface area contributed by atoms with Crippen LogP contribution in [-0.2, 0) is 0 Å². The topological polar surface area (TPSA) is 74.3 Å². The van der Waals surface area contributed by atoms with E-state index < -0.39 is 0 Å². The Balaban J connectivity index is 1.55. The SMILES string of the molecule is CC(=O)c1ccc(NC(=O)NC2CCN(c3ccccn3)C2)cc1C. The average Bonchev–Trinajstić information content (AvgIpc) is 3.03. The van der Waals surface area contributed by atoms with Gasteiger partial charge in [0.25, 0.3) is 0 Å². The number of nitrogens with one attached hydrogen (secondary N) is 2. The van der Waals surface area contributed by atoms with Crippen LogP contribution in [0.15, 0.2) is 42.6 Å². The second-order valence-corrected chi connectivity index (χ2v) is 6.30. The summed E-state index contributed by atoms with van der Waals surface area (Å²) < 4.78 is 0. The number of anilines is 2. The lowest BCUT2D eigenvalue weighted by molar-refractivity contribution is 0.101. The predicted octanol–water partition coefficient (Wildman–Crippen LogP) is 2.99. The normalized spacial score (nSPS) is 16.6. The molecule has 6 heteroatoms. The van der Waals surface area contributed by atoms with Crippen molar-refractivity contribution in [3.05, 3.63) is 53.7 Å². The maximum Gasteiger partial charge on any atom is 0.319 e. The molecular formula is C19H22N4O2. The number of aryl methyl sites for hydroxylation is 1. The Bertz CT molecular complexity index is 776. The van der Waals surface area contributed by atoms with E-state index in [2.05, 4.69) is 20.5 Å². The third-order valence-electron chi connectivity index (χ3n) is 4.36. The van der Waals surface area contributed by atoms with E-state index in [1.165, 1.54) is 6.92 Å². The summed E-state index contributed by atoms with van der Waals surface area (Å²) in [6.45, 7) is 5.01. The number of aromatic nitrogens is 1. The van der Waals surface area contributed by atoms with E-state index in [1.54, 1.807) is 18.3 Å². The Morgan fingerprint density at radius 2 is 2.08 bits per heavy atom. The number of pyridine rings is 1. The Morgan fingerprint density at radius 1 is 1.24 bits per heavy atom. The van der Waals surface area contributed by atoms with Crippen molar-refractivity contribution in [2.75, 3.05) is 23.3 Å². The summed E-state index contributed by atoms with van der Waals surface area (Å²) >= 11 is 0. The van der Waals surface area contributed by atoms with Crippen molar-refractivity contribution in [2.24, 2.45) is 0 Å². The van der Waals surface area contributed by atoms with Gasteiger partial charge < -0.3 is 15.5 Å². The Labute approximate surface area is 147 Å². The summed E-state index contributed by atoms with van der Waals surface area (Å²) in [4.78, 5) is 30.2. The van der Waals surface area contributed by atoms with Crippen LogP contribution in [0.4, 0.5) is 16.3 Å². The van der Waals surface area contributed by atoms with E-state index in [0.717, 1.165) is 30.9 Å². The molecule has 130 valence electrons. The summed E-state index contributed by atoms with van der Waals surface area (Å²) in [5, 5.41) is 5.83. The summed E-state index contributed by atoms with van der Waals surface area (Å²) in [5.41, 5.74) is 2.21. The first-order chi connectivity index (χ1) is 12.0. The molecule has 0 spiro atoms. The molecule has 1 aliphatic heterocycles. The quantitative estimate of drug-likeness (QED) is 0.841. The van der Waals surface area contributed by atoms with Gasteiger partial charge in [-0.15, -0.1) is 0 Å². The van der Waals surface area contributed by atoms with Gasteiger partial charge in [-0.05, 0) is 56.2 Å². The smallest absolute Gasteiger partial charge is 0.319 e. The molecule has 1 aromatic heterocycles. The van der Waals surface area contributed by atoms with Crippen molar-refractivity contribution in [1.29, 1.82) is 0 Å². The van der Waals surface area contributed by atoms with Gasteiger partial charge in [0.05, 0.1) is 0 Å². The molecule has 3 rings (SSSR count). The van der Waals surface area contributed by atoms with Gasteiger partial charge in [0.15, 0.2) is 5.78 Å². The summed E-state index contributed by atoms with van der Waals surface area (Å²) in [5.74, 6) is 0.955. The fourth-order valence-electron chi connectivity index (χ4n) is 3.12. The molecule has 1 aromatic carbocycles. The van der Waals surface area contributed by atoms with Gasteiger partial charge in [-0.1, -0.05) is 6.07 Å². The van der Waals surface area contributed by atoms with Crippen molar-refractivity contribution in [1.82, 2.24) is 10.3 Å². The third kappa shape index (κ3) is 4.15. The zero-order valence-corrected chi connectivity index (χ0v) is 14.5. The number of amides is 2. The largest absolute Gasteiger partial charge is 0.354 e. The maximum absolute atomic E-state index is 12.2. The van der Waals surface area contributed by atoms with Gasteiger partial charge in [0.1, 0.15) is 5.82 Å². The number of Topliss-reactive ketones (excluding diaryl/α,β-unsaturated/α-hetero) is 1. The minimum Gasteiger partial charge on any atom is -0.354 e. The molecule has 2 amide bonds. The number of urea groups is 1. The summed E-state index contributed by atoms with van der Waals surface area (Å²) in [6, 6.07) is 11.0. The predicted molar refractivity (Wildman–Crippen MR) is 98.2 cm³/mol. The van der Waals surface area contributed by atoms with Crippen molar-refractivity contribution in [3.8, 4) is 0 Å². The van der Waals surface area contributed by atoms with Gasteiger partial charge in [0.2, 0.25) is 0 Å². The maximum atomic E-state index is 12.2. The first-order valence-electron chi connectivity index (χ1n) is 8.38. The number of hydrogen-bond acceptors (Lipinski definition) is 4. The van der Waals surface area contributed by atoms with E-state index in [0.29, 0.717) is 11.3 Å². The molecule has 2 N–H and O–H groups in total. The zero-order valence-electron chi connectivity index (χ0n) is 14.5. The Morgan fingerprint density at radius 3 is 2.76 bits per heavy atom. The molecule has 6 nitrogen and oxygen atoms in total. The molecule has 25 heavy (non-hydrogen) atoms. The second kappa shape index (κ2) is 7.34. The zero-order chi connectivity index (χ0) is 17.8. The molecule has 0 saturated carbocycles. The van der Waals surface area contributed by atoms with Crippen LogP contribution in [0.3, 0.4) is 0 Å². The van der Waals surface area contributed by atoms with Crippen LogP contribution in [0, 0.1) is 6.92 Å². The van der Waals surface area contributed by atoms with E-state index in [1.807, 2.05) is 31.2 Å². The minimum absolute atomic E-state index is 0.0223. The highest BCUT2D eigenvalue weighted by Crippen LogP contribution is 2.18. The summed E-state index contributed by atoms with van der Waals surface area (Å²) in [6.07, 6.45) is 2.65. The lowest BCUT2D eigenvalue weighted by Crippen LogP contribution is -2.39. The second-order valence-electron chi connectivity index (χ2n) is 6.30. The van der Waals surface area contributed by atoms with Crippen LogP contribution in [0.1, 0.15) is 29.3 Å². The van der Waals surface area contributed by atoms with Crippen LogP contribution in [0.2, 0.25) is 0 Å². The molecule has 1 saturated heterocycles. The Hall–Kier alpha value is -2.89. The molecule has 1 atom stereocenters. The number of rotatable bonds is 4. The number of hydrogen-bond donors (Lipinski definition) is 2. The monoisotopic (exact) mass is 338 g/mol. The van der Waals surface area contributed by atoms with E-state index in [9.17, 15) is 9.59 Å². The van der Waals surface area contributed by atoms with Crippen molar-refractivity contribution in [2.45, 2.75) is 26.3 Å². The van der Waals surface area contributed by atoms with Crippen molar-refractivity contribution < 1.29 is 9.59 Å². The molecule has 1 aliphatic rings. The third-order valence-corrected chi connectivity index (χ3v) is 4.36. The highest BCUT2D eigenvalue weighted by atomic mass is 16.2. The number of carbonyl (C=O) groups is 2. The molecular weight excluding hydrogens is 316 g/mol. The molecule has 1 fully saturated rings. The molecule has 0 radical (unpaired) electrons. The molecule has 1 unspecified atom stereocenters. The molecule has 2 aromatic rings. The highest BCUT2D eigenvalue weighted by Gasteiger charge is 2.24. The van der Waals surface area contributed by atoms with Crippen LogP contribution in [0.25, 0.3) is 0 Å². The molecule has 0 aliphatic carbocycles. The standard InChI is InChI=1S/C19H22N4O2/c1-13-11-15(6-7-17(13)14(2)24)21-19(25)22-16-8-10-23(12-16)18-5-3-4-9-20-18/h3-7,9,11,16H,8,10,12H2,1-2H3,(H2,21,22,25). The minimum atomic E-state index is -0.233. The van der Waals surface area contributed by atoms with Crippen LogP contribution in [-0.4, -0.2) is 35.9 Å². The Kier molecular flexibility index (Phi) is 4.97. The van der Waals surface area contributed by atoms with Crippen molar-refractivity contribution in [3.63, 3.8) is 0 Å². The number of nitrogens with zero attached hydrogens (tertiary/aromatic N) is 2.